The van der Waals surface area contributed by atoms with Crippen molar-refractivity contribution in [1.29, 1.82) is 0 Å². The summed E-state index contributed by atoms with van der Waals surface area (Å²) in [6.45, 7) is 3.79. The molecule has 1 N–H and O–H groups in total. The van der Waals surface area contributed by atoms with Crippen molar-refractivity contribution in [2.75, 3.05) is 7.11 Å². The van der Waals surface area contributed by atoms with Crippen molar-refractivity contribution in [2.24, 2.45) is 0 Å². The van der Waals surface area contributed by atoms with Gasteiger partial charge in [-0.2, -0.15) is 0 Å². The van der Waals surface area contributed by atoms with E-state index in [1.807, 2.05) is 0 Å². The van der Waals surface area contributed by atoms with Gasteiger partial charge in [-0.3, -0.25) is 0 Å². The monoisotopic (exact) mass is 258 g/mol. The molecule has 0 aliphatic heterocycles. The molecule has 0 bridgehead atoms. The molecule has 1 unspecified atom stereocenters. The molecule has 0 saturated heterocycles. The minimum atomic E-state index is -1.01. The van der Waals surface area contributed by atoms with Crippen molar-refractivity contribution in [3.8, 4) is 5.75 Å². The van der Waals surface area contributed by atoms with Crippen LogP contribution in [0.2, 0.25) is 0 Å². The lowest BCUT2D eigenvalue weighted by Gasteiger charge is -2.17. The molecule has 19 heavy (non-hydrogen) atoms. The lowest BCUT2D eigenvalue weighted by atomic mass is 9.96. The van der Waals surface area contributed by atoms with Gasteiger partial charge in [0.1, 0.15) is 17.7 Å². The maximum atomic E-state index is 13.7. The van der Waals surface area contributed by atoms with Crippen LogP contribution >= 0.6 is 0 Å². The van der Waals surface area contributed by atoms with Crippen LogP contribution in [0.15, 0.2) is 55.1 Å². The summed E-state index contributed by atoms with van der Waals surface area (Å²) in [6, 6.07) is 13.3. The Morgan fingerprint density at radius 2 is 1.79 bits per heavy atom. The fraction of sp³-hybridized carbons (Fsp3) is 0.125. The highest BCUT2D eigenvalue weighted by Gasteiger charge is 2.19. The highest BCUT2D eigenvalue weighted by atomic mass is 19.1. The van der Waals surface area contributed by atoms with Crippen LogP contribution in [0.4, 0.5) is 4.39 Å². The molecule has 0 aliphatic rings. The van der Waals surface area contributed by atoms with Crippen LogP contribution in [0.3, 0.4) is 0 Å². The van der Waals surface area contributed by atoms with Gasteiger partial charge >= 0.3 is 0 Å². The van der Waals surface area contributed by atoms with E-state index in [-0.39, 0.29) is 0 Å². The molecule has 0 spiro atoms. The second-order valence-corrected chi connectivity index (χ2v) is 4.15. The number of hydrogen-bond donors (Lipinski definition) is 1. The Labute approximate surface area is 111 Å². The minimum Gasteiger partial charge on any atom is -0.496 e. The average molecular weight is 258 g/mol. The maximum absolute atomic E-state index is 13.7. The topological polar surface area (TPSA) is 29.5 Å². The van der Waals surface area contributed by atoms with E-state index in [1.54, 1.807) is 42.5 Å². The predicted octanol–water partition coefficient (Wildman–Crippen LogP) is 3.58. The average Bonchev–Trinajstić information content (AvgIpc) is 2.46. The molecule has 2 aromatic rings. The molecule has 0 fully saturated rings. The van der Waals surface area contributed by atoms with E-state index in [9.17, 15) is 9.50 Å². The van der Waals surface area contributed by atoms with E-state index < -0.39 is 11.9 Å². The van der Waals surface area contributed by atoms with Crippen LogP contribution in [0.1, 0.15) is 17.2 Å². The third-order valence-electron chi connectivity index (χ3n) is 2.98. The van der Waals surface area contributed by atoms with E-state index in [1.165, 1.54) is 13.2 Å². The Morgan fingerprint density at radius 1 is 1.16 bits per heavy atom. The summed E-state index contributed by atoms with van der Waals surface area (Å²) < 4.78 is 18.9. The molecule has 0 radical (unpaired) electrons. The van der Waals surface area contributed by atoms with Crippen LogP contribution < -0.4 is 4.74 Å². The van der Waals surface area contributed by atoms with Crippen molar-refractivity contribution >= 4 is 5.57 Å². The number of ether oxygens (including phenoxy) is 1. The van der Waals surface area contributed by atoms with Crippen molar-refractivity contribution in [3.63, 3.8) is 0 Å². The summed E-state index contributed by atoms with van der Waals surface area (Å²) in [5, 5.41) is 10.3. The molecule has 2 rings (SSSR count). The first-order chi connectivity index (χ1) is 9.15. The van der Waals surface area contributed by atoms with Crippen LogP contribution in [-0.4, -0.2) is 12.2 Å². The fourth-order valence-corrected chi connectivity index (χ4v) is 1.95. The first-order valence-electron chi connectivity index (χ1n) is 5.90. The number of hydrogen-bond acceptors (Lipinski definition) is 2. The van der Waals surface area contributed by atoms with Gasteiger partial charge in [0, 0.05) is 11.1 Å². The Morgan fingerprint density at radius 3 is 2.47 bits per heavy atom. The summed E-state index contributed by atoms with van der Waals surface area (Å²) in [5.74, 6) is 0.147. The van der Waals surface area contributed by atoms with Gasteiger partial charge in [-0.25, -0.2) is 4.39 Å². The maximum Gasteiger partial charge on any atom is 0.130 e. The molecule has 0 saturated carbocycles. The largest absolute Gasteiger partial charge is 0.496 e. The second-order valence-electron chi connectivity index (χ2n) is 4.15. The highest BCUT2D eigenvalue weighted by molar-refractivity contribution is 5.69. The zero-order chi connectivity index (χ0) is 13.8. The van der Waals surface area contributed by atoms with E-state index in [0.29, 0.717) is 22.4 Å². The molecule has 1 atom stereocenters. The number of rotatable bonds is 4. The number of methoxy groups -OCH3 is 1. The van der Waals surface area contributed by atoms with Gasteiger partial charge in [-0.05, 0) is 17.7 Å². The predicted molar refractivity (Wildman–Crippen MR) is 73.4 cm³/mol. The summed E-state index contributed by atoms with van der Waals surface area (Å²) in [7, 11) is 1.53. The molecule has 0 aliphatic carbocycles. The number of aliphatic hydroxyl groups is 1. The van der Waals surface area contributed by atoms with Crippen molar-refractivity contribution in [2.45, 2.75) is 6.10 Å². The molecule has 0 amide bonds. The van der Waals surface area contributed by atoms with Crippen molar-refractivity contribution in [1.82, 2.24) is 0 Å². The van der Waals surface area contributed by atoms with Gasteiger partial charge in [0.05, 0.1) is 7.11 Å². The lowest BCUT2D eigenvalue weighted by Crippen LogP contribution is -2.04. The molecular weight excluding hydrogens is 243 g/mol. The standard InChI is InChI=1S/C16H15FO2/c1-11(12-7-3-5-9-14(12)17)16(18)13-8-4-6-10-15(13)19-2/h3-10,16,18H,1H2,2H3. The van der Waals surface area contributed by atoms with E-state index in [4.69, 9.17) is 4.74 Å². The minimum absolute atomic E-state index is 0.306. The quantitative estimate of drug-likeness (QED) is 0.908. The van der Waals surface area contributed by atoms with Crippen molar-refractivity contribution < 1.29 is 14.2 Å². The first kappa shape index (κ1) is 13.3. The van der Waals surface area contributed by atoms with Crippen LogP contribution in [0, 0.1) is 5.82 Å². The zero-order valence-electron chi connectivity index (χ0n) is 10.6. The Balaban J connectivity index is 2.37. The second kappa shape index (κ2) is 5.67. The molecule has 0 heterocycles. The van der Waals surface area contributed by atoms with E-state index in [0.717, 1.165) is 0 Å². The number of benzene rings is 2. The normalized spacial score (nSPS) is 11.9. The van der Waals surface area contributed by atoms with Gasteiger partial charge in [-0.15, -0.1) is 0 Å². The SMILES string of the molecule is C=C(c1ccccc1F)C(O)c1ccccc1OC. The lowest BCUT2D eigenvalue weighted by molar-refractivity contribution is 0.232. The Hall–Kier alpha value is -2.13. The third kappa shape index (κ3) is 2.66. The molecule has 2 nitrogen and oxygen atoms in total. The molecular formula is C16H15FO2. The number of aliphatic hydroxyl groups excluding tert-OH is 1. The molecule has 3 heteroatoms. The fourth-order valence-electron chi connectivity index (χ4n) is 1.95. The van der Waals surface area contributed by atoms with Gasteiger partial charge in [0.2, 0.25) is 0 Å². The van der Waals surface area contributed by atoms with E-state index >= 15 is 0 Å². The van der Waals surface area contributed by atoms with Gasteiger partial charge in [0.25, 0.3) is 0 Å². The van der Waals surface area contributed by atoms with Crippen molar-refractivity contribution in [3.05, 3.63) is 72.1 Å². The van der Waals surface area contributed by atoms with Crippen LogP contribution in [0.5, 0.6) is 5.75 Å². The Bertz CT molecular complexity index is 593. The Kier molecular flexibility index (Phi) is 3.97. The highest BCUT2D eigenvalue weighted by Crippen LogP contribution is 2.34. The molecule has 0 aromatic heterocycles. The van der Waals surface area contributed by atoms with Gasteiger partial charge < -0.3 is 9.84 Å². The van der Waals surface area contributed by atoms with Gasteiger partial charge in [-0.1, -0.05) is 43.0 Å². The zero-order valence-corrected chi connectivity index (χ0v) is 10.6. The summed E-state index contributed by atoms with van der Waals surface area (Å²) in [6.07, 6.45) is -1.01. The smallest absolute Gasteiger partial charge is 0.130 e. The summed E-state index contributed by atoms with van der Waals surface area (Å²) in [5.41, 5.74) is 1.18. The summed E-state index contributed by atoms with van der Waals surface area (Å²) >= 11 is 0. The first-order valence-corrected chi connectivity index (χ1v) is 5.90. The molecule has 98 valence electrons. The summed E-state index contributed by atoms with van der Waals surface area (Å²) in [4.78, 5) is 0. The van der Waals surface area contributed by atoms with E-state index in [2.05, 4.69) is 6.58 Å². The third-order valence-corrected chi connectivity index (χ3v) is 2.98. The van der Waals surface area contributed by atoms with Gasteiger partial charge in [0.15, 0.2) is 0 Å². The molecule has 2 aromatic carbocycles. The van der Waals surface area contributed by atoms with Crippen LogP contribution in [-0.2, 0) is 0 Å². The van der Waals surface area contributed by atoms with Crippen LogP contribution in [0.25, 0.3) is 5.57 Å². The number of halogens is 1. The number of para-hydroxylation sites is 1.